The molecule has 0 fully saturated rings. The van der Waals surface area contributed by atoms with Crippen molar-refractivity contribution in [1.29, 1.82) is 0 Å². The molecule has 2 aromatic rings. The Morgan fingerprint density at radius 2 is 1.38 bits per heavy atom. The maximum atomic E-state index is 12.1. The summed E-state index contributed by atoms with van der Waals surface area (Å²) in [5.41, 5.74) is 1.92. The van der Waals surface area contributed by atoms with Gasteiger partial charge >= 0.3 is 5.97 Å². The van der Waals surface area contributed by atoms with Crippen LogP contribution in [0.2, 0.25) is 0 Å². The Morgan fingerprint density at radius 1 is 0.828 bits per heavy atom. The molecule has 1 unspecified atom stereocenters. The fourth-order valence-electron chi connectivity index (χ4n) is 3.00. The van der Waals surface area contributed by atoms with Gasteiger partial charge in [0, 0.05) is 5.92 Å². The lowest BCUT2D eigenvalue weighted by Gasteiger charge is -2.19. The molecule has 0 aliphatic carbocycles. The molecule has 29 heavy (non-hydrogen) atoms. The molecule has 0 bridgehead atoms. The van der Waals surface area contributed by atoms with Crippen molar-refractivity contribution in [2.75, 3.05) is 49.1 Å². The van der Waals surface area contributed by atoms with Gasteiger partial charge in [-0.1, -0.05) is 13.0 Å². The third-order valence-electron chi connectivity index (χ3n) is 4.54. The van der Waals surface area contributed by atoms with Crippen molar-refractivity contribution in [3.8, 4) is 28.7 Å². The third-order valence-corrected chi connectivity index (χ3v) is 4.54. The third kappa shape index (κ3) is 5.32. The van der Waals surface area contributed by atoms with Crippen LogP contribution < -0.4 is 23.7 Å². The van der Waals surface area contributed by atoms with Crippen LogP contribution in [0.4, 0.5) is 0 Å². The van der Waals surface area contributed by atoms with Crippen LogP contribution in [0.15, 0.2) is 30.3 Å². The number of methoxy groups -OCH3 is 4. The van der Waals surface area contributed by atoms with E-state index in [0.717, 1.165) is 11.1 Å². The number of nitrogens with zero attached hydrogens (tertiary/aromatic N) is 1. The minimum absolute atomic E-state index is 0.0269. The van der Waals surface area contributed by atoms with Gasteiger partial charge in [0.2, 0.25) is 5.75 Å². The Balaban J connectivity index is 2.41. The lowest BCUT2D eigenvalue weighted by molar-refractivity contribution is -0.135. The van der Waals surface area contributed by atoms with Crippen LogP contribution in [0.3, 0.4) is 0 Å². The molecule has 0 heterocycles. The standard InChI is InChI=1S/C22H29NO6/c1-14(16-11-19(26-5)22(28-7)20(12-16)27-6)15-8-9-17(25-4)18(10-15)29-21(24)13-23(2)3/h8-12,14H,13H2,1-7H3. The van der Waals surface area contributed by atoms with E-state index in [4.69, 9.17) is 23.7 Å². The smallest absolute Gasteiger partial charge is 0.325 e. The van der Waals surface area contributed by atoms with Gasteiger partial charge in [0.15, 0.2) is 23.0 Å². The lowest BCUT2D eigenvalue weighted by Crippen LogP contribution is -2.25. The zero-order valence-electron chi connectivity index (χ0n) is 18.1. The van der Waals surface area contributed by atoms with Gasteiger partial charge < -0.3 is 23.7 Å². The van der Waals surface area contributed by atoms with Crippen LogP contribution in [0.1, 0.15) is 24.0 Å². The monoisotopic (exact) mass is 403 g/mol. The largest absolute Gasteiger partial charge is 0.493 e. The van der Waals surface area contributed by atoms with Crippen molar-refractivity contribution in [1.82, 2.24) is 4.90 Å². The SMILES string of the molecule is COc1ccc(C(C)c2cc(OC)c(OC)c(OC)c2)cc1OC(=O)CN(C)C. The van der Waals surface area contributed by atoms with E-state index in [1.165, 1.54) is 0 Å². The molecule has 0 radical (unpaired) electrons. The van der Waals surface area contributed by atoms with E-state index in [9.17, 15) is 4.79 Å². The molecular formula is C22H29NO6. The quantitative estimate of drug-likeness (QED) is 0.470. The van der Waals surface area contributed by atoms with Crippen LogP contribution >= 0.6 is 0 Å². The average molecular weight is 403 g/mol. The van der Waals surface area contributed by atoms with E-state index in [2.05, 4.69) is 0 Å². The molecular weight excluding hydrogens is 374 g/mol. The molecule has 0 aliphatic rings. The Hall–Kier alpha value is -2.93. The van der Waals surface area contributed by atoms with Gasteiger partial charge in [-0.25, -0.2) is 0 Å². The highest BCUT2D eigenvalue weighted by atomic mass is 16.6. The summed E-state index contributed by atoms with van der Waals surface area (Å²) in [5.74, 6) is 2.21. The first-order valence-corrected chi connectivity index (χ1v) is 9.17. The summed E-state index contributed by atoms with van der Waals surface area (Å²) in [7, 11) is 9.90. The highest BCUT2D eigenvalue weighted by Crippen LogP contribution is 2.42. The van der Waals surface area contributed by atoms with E-state index in [-0.39, 0.29) is 18.4 Å². The maximum absolute atomic E-state index is 12.1. The summed E-state index contributed by atoms with van der Waals surface area (Å²) in [5, 5.41) is 0. The molecule has 7 nitrogen and oxygen atoms in total. The summed E-state index contributed by atoms with van der Waals surface area (Å²) in [6.45, 7) is 2.23. The predicted octanol–water partition coefficient (Wildman–Crippen LogP) is 3.34. The molecule has 0 N–H and O–H groups in total. The number of carbonyl (C=O) groups excluding carboxylic acids is 1. The van der Waals surface area contributed by atoms with Crippen molar-refractivity contribution in [2.24, 2.45) is 0 Å². The molecule has 2 rings (SSSR count). The van der Waals surface area contributed by atoms with Crippen LogP contribution in [0, 0.1) is 0 Å². The van der Waals surface area contributed by atoms with Crippen LogP contribution in [0.25, 0.3) is 0 Å². The molecule has 158 valence electrons. The molecule has 0 saturated carbocycles. The minimum atomic E-state index is -0.356. The molecule has 2 aromatic carbocycles. The van der Waals surface area contributed by atoms with Crippen molar-refractivity contribution >= 4 is 5.97 Å². The van der Waals surface area contributed by atoms with Gasteiger partial charge in [-0.05, 0) is 49.5 Å². The zero-order valence-corrected chi connectivity index (χ0v) is 18.1. The number of ether oxygens (including phenoxy) is 5. The van der Waals surface area contributed by atoms with E-state index >= 15 is 0 Å². The maximum Gasteiger partial charge on any atom is 0.325 e. The number of rotatable bonds is 9. The number of esters is 1. The Bertz CT molecular complexity index is 824. The number of likely N-dealkylation sites (N-methyl/N-ethyl adjacent to an activating group) is 1. The zero-order chi connectivity index (χ0) is 21.6. The van der Waals surface area contributed by atoms with E-state index in [1.54, 1.807) is 53.5 Å². The van der Waals surface area contributed by atoms with Gasteiger partial charge in [0.25, 0.3) is 0 Å². The molecule has 0 aromatic heterocycles. The van der Waals surface area contributed by atoms with Crippen LogP contribution in [-0.4, -0.2) is 59.9 Å². The normalized spacial score (nSPS) is 11.7. The van der Waals surface area contributed by atoms with E-state index in [0.29, 0.717) is 28.7 Å². The lowest BCUT2D eigenvalue weighted by atomic mass is 9.92. The summed E-state index contributed by atoms with van der Waals surface area (Å²) >= 11 is 0. The Morgan fingerprint density at radius 3 is 1.86 bits per heavy atom. The first-order valence-electron chi connectivity index (χ1n) is 9.17. The van der Waals surface area contributed by atoms with Gasteiger partial charge in [-0.2, -0.15) is 0 Å². The fourth-order valence-corrected chi connectivity index (χ4v) is 3.00. The summed E-state index contributed by atoms with van der Waals surface area (Å²) in [4.78, 5) is 13.9. The fraction of sp³-hybridized carbons (Fsp3) is 0.409. The predicted molar refractivity (Wildman–Crippen MR) is 111 cm³/mol. The first-order chi connectivity index (χ1) is 13.8. The molecule has 7 heteroatoms. The van der Waals surface area contributed by atoms with Gasteiger partial charge in [0.05, 0.1) is 35.0 Å². The number of carbonyl (C=O) groups is 1. The van der Waals surface area contributed by atoms with Crippen molar-refractivity contribution in [2.45, 2.75) is 12.8 Å². The number of hydrogen-bond acceptors (Lipinski definition) is 7. The Labute approximate surface area is 172 Å². The van der Waals surface area contributed by atoms with Crippen molar-refractivity contribution in [3.63, 3.8) is 0 Å². The van der Waals surface area contributed by atoms with Gasteiger partial charge in [-0.3, -0.25) is 9.69 Å². The Kier molecular flexibility index (Phi) is 7.73. The second kappa shape index (κ2) is 10.0. The molecule has 0 aliphatic heterocycles. The second-order valence-corrected chi connectivity index (χ2v) is 6.80. The number of hydrogen-bond donors (Lipinski definition) is 0. The van der Waals surface area contributed by atoms with E-state index < -0.39 is 0 Å². The van der Waals surface area contributed by atoms with Crippen LogP contribution in [-0.2, 0) is 4.79 Å². The topological polar surface area (TPSA) is 66.5 Å². The molecule has 0 amide bonds. The molecule has 0 saturated heterocycles. The number of benzene rings is 2. The van der Waals surface area contributed by atoms with Crippen LogP contribution in [0.5, 0.6) is 28.7 Å². The van der Waals surface area contributed by atoms with Crippen molar-refractivity contribution in [3.05, 3.63) is 41.5 Å². The highest BCUT2D eigenvalue weighted by Gasteiger charge is 2.19. The first kappa shape index (κ1) is 22.4. The summed E-state index contributed by atoms with van der Waals surface area (Å²) < 4.78 is 27.2. The van der Waals surface area contributed by atoms with Gasteiger partial charge in [-0.15, -0.1) is 0 Å². The molecule has 0 spiro atoms. The summed E-state index contributed by atoms with van der Waals surface area (Å²) in [6, 6.07) is 9.38. The van der Waals surface area contributed by atoms with Gasteiger partial charge in [0.1, 0.15) is 0 Å². The van der Waals surface area contributed by atoms with Crippen molar-refractivity contribution < 1.29 is 28.5 Å². The average Bonchev–Trinajstić information content (AvgIpc) is 2.71. The highest BCUT2D eigenvalue weighted by molar-refractivity contribution is 5.75. The minimum Gasteiger partial charge on any atom is -0.493 e. The summed E-state index contributed by atoms with van der Waals surface area (Å²) in [6.07, 6.45) is 0. The second-order valence-electron chi connectivity index (χ2n) is 6.80. The molecule has 1 atom stereocenters. The van der Waals surface area contributed by atoms with E-state index in [1.807, 2.05) is 31.2 Å².